The minimum absolute atomic E-state index is 0.359. The van der Waals surface area contributed by atoms with E-state index in [1.807, 2.05) is 6.07 Å². The van der Waals surface area contributed by atoms with Crippen LogP contribution in [0.15, 0.2) is 30.3 Å². The summed E-state index contributed by atoms with van der Waals surface area (Å²) >= 11 is 3.21. The van der Waals surface area contributed by atoms with Crippen LogP contribution in [0.25, 0.3) is 0 Å². The molecule has 0 spiro atoms. The van der Waals surface area contributed by atoms with Crippen LogP contribution in [0, 0.1) is 0 Å². The van der Waals surface area contributed by atoms with Gasteiger partial charge < -0.3 is 9.84 Å². The van der Waals surface area contributed by atoms with Gasteiger partial charge in [0.25, 0.3) is 0 Å². The average Bonchev–Trinajstić information content (AvgIpc) is 2.27. The zero-order valence-corrected chi connectivity index (χ0v) is 10.0. The van der Waals surface area contributed by atoms with Crippen molar-refractivity contribution in [1.82, 2.24) is 0 Å². The van der Waals surface area contributed by atoms with Crippen LogP contribution in [0.4, 0.5) is 0 Å². The van der Waals surface area contributed by atoms with Gasteiger partial charge in [-0.25, -0.2) is 4.79 Å². The number of carboxylic acid groups (broad SMARTS) is 1. The number of halogens is 1. The van der Waals surface area contributed by atoms with Crippen LogP contribution in [-0.2, 0) is 15.1 Å². The maximum absolute atomic E-state index is 11.2. The van der Waals surface area contributed by atoms with Crippen LogP contribution in [-0.4, -0.2) is 23.0 Å². The Hall–Kier alpha value is -0.870. The summed E-state index contributed by atoms with van der Waals surface area (Å²) in [5, 5.41) is 9.79. The molecule has 0 fully saturated rings. The molecule has 1 aromatic carbocycles. The monoisotopic (exact) mass is 272 g/mol. The van der Waals surface area contributed by atoms with Gasteiger partial charge in [0.2, 0.25) is 0 Å². The van der Waals surface area contributed by atoms with E-state index in [4.69, 9.17) is 4.74 Å². The fourth-order valence-corrected chi connectivity index (χ4v) is 1.43. The van der Waals surface area contributed by atoms with Crippen molar-refractivity contribution < 1.29 is 14.6 Å². The number of rotatable bonds is 5. The Morgan fingerprint density at radius 2 is 2.07 bits per heavy atom. The smallest absolute Gasteiger partial charge is 0.340 e. The van der Waals surface area contributed by atoms with Crippen LogP contribution in [0.5, 0.6) is 0 Å². The first kappa shape index (κ1) is 12.2. The van der Waals surface area contributed by atoms with Crippen molar-refractivity contribution >= 4 is 21.9 Å². The van der Waals surface area contributed by atoms with Crippen LogP contribution in [0.3, 0.4) is 0 Å². The summed E-state index contributed by atoms with van der Waals surface area (Å²) in [6.45, 7) is 1.92. The maximum Gasteiger partial charge on any atom is 0.340 e. The van der Waals surface area contributed by atoms with Gasteiger partial charge in [0.1, 0.15) is 0 Å². The van der Waals surface area contributed by atoms with E-state index < -0.39 is 11.6 Å². The summed E-state index contributed by atoms with van der Waals surface area (Å²) in [6.07, 6.45) is 0. The molecule has 0 aromatic heterocycles. The molecule has 0 heterocycles. The van der Waals surface area contributed by atoms with E-state index in [2.05, 4.69) is 15.9 Å². The van der Waals surface area contributed by atoms with E-state index in [9.17, 15) is 9.90 Å². The SMILES string of the molecule is CC(OCCBr)(C(=O)O)c1ccccc1. The van der Waals surface area contributed by atoms with Crippen molar-refractivity contribution in [3.05, 3.63) is 35.9 Å². The third kappa shape index (κ3) is 2.79. The Kier molecular flexibility index (Phi) is 4.29. The predicted octanol–water partition coefficient (Wildman–Crippen LogP) is 2.40. The molecule has 0 aliphatic carbocycles. The molecule has 1 unspecified atom stereocenters. The molecule has 15 heavy (non-hydrogen) atoms. The summed E-state index contributed by atoms with van der Waals surface area (Å²) < 4.78 is 5.38. The van der Waals surface area contributed by atoms with E-state index in [1.165, 1.54) is 0 Å². The molecule has 0 saturated heterocycles. The quantitative estimate of drug-likeness (QED) is 0.838. The molecule has 1 aromatic rings. The Balaban J connectivity index is 2.96. The van der Waals surface area contributed by atoms with Gasteiger partial charge in [-0.15, -0.1) is 0 Å². The normalized spacial score (nSPS) is 14.5. The third-order valence-corrected chi connectivity index (χ3v) is 2.52. The molecule has 1 N–H and O–H groups in total. The molecule has 1 rings (SSSR count). The van der Waals surface area contributed by atoms with Gasteiger partial charge in [0.15, 0.2) is 5.60 Å². The van der Waals surface area contributed by atoms with Gasteiger partial charge in [-0.1, -0.05) is 46.3 Å². The molecule has 4 heteroatoms. The number of hydrogen-bond acceptors (Lipinski definition) is 2. The zero-order valence-electron chi connectivity index (χ0n) is 8.44. The summed E-state index contributed by atoms with van der Waals surface area (Å²) in [4.78, 5) is 11.2. The molecule has 0 amide bonds. The molecular formula is C11H13BrO3. The van der Waals surface area contributed by atoms with Crippen LogP contribution >= 0.6 is 15.9 Å². The zero-order chi connectivity index (χ0) is 11.3. The highest BCUT2D eigenvalue weighted by atomic mass is 79.9. The minimum Gasteiger partial charge on any atom is -0.479 e. The van der Waals surface area contributed by atoms with E-state index in [1.54, 1.807) is 31.2 Å². The number of ether oxygens (including phenoxy) is 1. The largest absolute Gasteiger partial charge is 0.479 e. The molecule has 1 atom stereocenters. The second kappa shape index (κ2) is 5.28. The number of benzene rings is 1. The van der Waals surface area contributed by atoms with Crippen LogP contribution in [0.1, 0.15) is 12.5 Å². The summed E-state index contributed by atoms with van der Waals surface area (Å²) in [7, 11) is 0. The van der Waals surface area contributed by atoms with E-state index in [0.717, 1.165) is 0 Å². The lowest BCUT2D eigenvalue weighted by Gasteiger charge is -2.25. The van der Waals surface area contributed by atoms with Crippen molar-refractivity contribution in [2.75, 3.05) is 11.9 Å². The number of hydrogen-bond donors (Lipinski definition) is 1. The first-order chi connectivity index (χ1) is 7.11. The van der Waals surface area contributed by atoms with Gasteiger partial charge in [-0.2, -0.15) is 0 Å². The van der Waals surface area contributed by atoms with Gasteiger partial charge in [0, 0.05) is 5.33 Å². The first-order valence-electron chi connectivity index (χ1n) is 4.60. The van der Waals surface area contributed by atoms with Crippen molar-refractivity contribution in [3.63, 3.8) is 0 Å². The fraction of sp³-hybridized carbons (Fsp3) is 0.364. The van der Waals surface area contributed by atoms with Crippen molar-refractivity contribution in [3.8, 4) is 0 Å². The lowest BCUT2D eigenvalue weighted by molar-refractivity contribution is -0.164. The highest BCUT2D eigenvalue weighted by Gasteiger charge is 2.35. The summed E-state index contributed by atoms with van der Waals surface area (Å²) in [5.74, 6) is -0.977. The highest BCUT2D eigenvalue weighted by Crippen LogP contribution is 2.25. The topological polar surface area (TPSA) is 46.5 Å². The first-order valence-corrected chi connectivity index (χ1v) is 5.72. The number of carboxylic acids is 1. The molecule has 0 aliphatic heterocycles. The summed E-state index contributed by atoms with van der Waals surface area (Å²) in [5.41, 5.74) is -0.617. The number of alkyl halides is 1. The lowest BCUT2D eigenvalue weighted by atomic mass is 9.96. The Morgan fingerprint density at radius 1 is 1.47 bits per heavy atom. The predicted molar refractivity (Wildman–Crippen MR) is 61.2 cm³/mol. The Bertz CT molecular complexity index is 326. The molecule has 0 bridgehead atoms. The number of carbonyl (C=O) groups is 1. The Morgan fingerprint density at radius 3 is 2.53 bits per heavy atom. The van der Waals surface area contributed by atoms with Crippen molar-refractivity contribution in [1.29, 1.82) is 0 Å². The van der Waals surface area contributed by atoms with Crippen molar-refractivity contribution in [2.45, 2.75) is 12.5 Å². The standard InChI is InChI=1S/C11H13BrO3/c1-11(10(13)14,15-8-7-12)9-5-3-2-4-6-9/h2-6H,7-8H2,1H3,(H,13,14). The molecule has 82 valence electrons. The highest BCUT2D eigenvalue weighted by molar-refractivity contribution is 9.09. The molecule has 0 aliphatic rings. The molecule has 3 nitrogen and oxygen atoms in total. The fourth-order valence-electron chi connectivity index (χ4n) is 1.27. The molecule has 0 radical (unpaired) electrons. The second-order valence-electron chi connectivity index (χ2n) is 3.24. The lowest BCUT2D eigenvalue weighted by Crippen LogP contribution is -2.36. The van der Waals surface area contributed by atoms with E-state index in [-0.39, 0.29) is 0 Å². The van der Waals surface area contributed by atoms with Crippen LogP contribution in [0.2, 0.25) is 0 Å². The average molecular weight is 273 g/mol. The second-order valence-corrected chi connectivity index (χ2v) is 4.03. The maximum atomic E-state index is 11.2. The third-order valence-electron chi connectivity index (χ3n) is 2.20. The van der Waals surface area contributed by atoms with Gasteiger partial charge >= 0.3 is 5.97 Å². The number of aliphatic carboxylic acids is 1. The van der Waals surface area contributed by atoms with E-state index in [0.29, 0.717) is 17.5 Å². The molecular weight excluding hydrogens is 260 g/mol. The van der Waals surface area contributed by atoms with Gasteiger partial charge in [-0.3, -0.25) is 0 Å². The van der Waals surface area contributed by atoms with Crippen LogP contribution < -0.4 is 0 Å². The minimum atomic E-state index is -1.27. The molecule has 0 saturated carbocycles. The van der Waals surface area contributed by atoms with Gasteiger partial charge in [0.05, 0.1) is 6.61 Å². The van der Waals surface area contributed by atoms with Crippen molar-refractivity contribution in [2.24, 2.45) is 0 Å². The Labute approximate surface area is 97.2 Å². The van der Waals surface area contributed by atoms with Gasteiger partial charge in [-0.05, 0) is 12.5 Å². The summed E-state index contributed by atoms with van der Waals surface area (Å²) in [6, 6.07) is 8.95. The van der Waals surface area contributed by atoms with E-state index >= 15 is 0 Å².